The molecule has 0 aliphatic carbocycles. The lowest BCUT2D eigenvalue weighted by Crippen LogP contribution is -2.30. The average molecular weight is 512 g/mol. The Hall–Kier alpha value is -2.91. The van der Waals surface area contributed by atoms with Crippen LogP contribution in [-0.4, -0.2) is 36.0 Å². The molecule has 31 heavy (non-hydrogen) atoms. The third kappa shape index (κ3) is 5.42. The number of amides is 3. The molecule has 1 aliphatic heterocycles. The molecule has 0 saturated carbocycles. The second-order valence-electron chi connectivity index (χ2n) is 6.38. The molecule has 1 aliphatic rings. The Morgan fingerprint density at radius 2 is 2.03 bits per heavy atom. The molecule has 0 atom stereocenters. The van der Waals surface area contributed by atoms with E-state index in [0.29, 0.717) is 10.0 Å². The van der Waals surface area contributed by atoms with Crippen LogP contribution in [0.25, 0.3) is 6.08 Å². The zero-order chi connectivity index (χ0) is 22.5. The molecule has 1 fully saturated rings. The standard InChI is InChI=1S/C21H17BrClFN2O5/c1-2-30-18(27)11-31-19-14(22)7-12(8-15(19)23)9-17-20(28)26(21(29)25-17)10-13-5-3-4-6-16(13)24/h3-9H,2,10-11H2,1H3,(H,25,29)/b17-9+. The number of carbonyl (C=O) groups excluding carboxylic acids is 3. The van der Waals surface area contributed by atoms with Crippen LogP contribution in [0.3, 0.4) is 0 Å². The van der Waals surface area contributed by atoms with Gasteiger partial charge in [-0.3, -0.25) is 9.69 Å². The summed E-state index contributed by atoms with van der Waals surface area (Å²) in [6.45, 7) is 1.41. The molecule has 1 N–H and O–H groups in total. The van der Waals surface area contributed by atoms with Crippen molar-refractivity contribution in [2.24, 2.45) is 0 Å². The first-order chi connectivity index (χ1) is 14.8. The molecule has 0 spiro atoms. The van der Waals surface area contributed by atoms with Gasteiger partial charge in [0, 0.05) is 5.56 Å². The van der Waals surface area contributed by atoms with Crippen LogP contribution in [0.1, 0.15) is 18.1 Å². The number of carbonyl (C=O) groups is 3. The van der Waals surface area contributed by atoms with E-state index in [0.717, 1.165) is 4.90 Å². The first kappa shape index (κ1) is 22.8. The highest BCUT2D eigenvalue weighted by Crippen LogP contribution is 2.35. The minimum atomic E-state index is -0.654. The summed E-state index contributed by atoms with van der Waals surface area (Å²) in [6, 6.07) is 8.38. The Balaban J connectivity index is 1.77. The maximum absolute atomic E-state index is 13.9. The maximum atomic E-state index is 13.9. The van der Waals surface area contributed by atoms with Gasteiger partial charge in [0.15, 0.2) is 12.4 Å². The number of rotatable bonds is 7. The summed E-state index contributed by atoms with van der Waals surface area (Å²) in [5.41, 5.74) is 0.738. The summed E-state index contributed by atoms with van der Waals surface area (Å²) >= 11 is 9.55. The van der Waals surface area contributed by atoms with Crippen LogP contribution in [0.2, 0.25) is 5.02 Å². The van der Waals surface area contributed by atoms with Crippen molar-refractivity contribution in [2.75, 3.05) is 13.2 Å². The molecule has 2 aromatic carbocycles. The molecule has 0 radical (unpaired) electrons. The minimum Gasteiger partial charge on any atom is -0.479 e. The highest BCUT2D eigenvalue weighted by molar-refractivity contribution is 9.10. The normalized spacial score (nSPS) is 14.7. The number of esters is 1. The van der Waals surface area contributed by atoms with Crippen molar-refractivity contribution in [2.45, 2.75) is 13.5 Å². The van der Waals surface area contributed by atoms with Gasteiger partial charge < -0.3 is 14.8 Å². The summed E-state index contributed by atoms with van der Waals surface area (Å²) < 4.78 is 24.5. The number of ether oxygens (including phenoxy) is 2. The molecule has 2 aromatic rings. The molecule has 162 valence electrons. The van der Waals surface area contributed by atoms with Crippen LogP contribution in [-0.2, 0) is 20.9 Å². The Morgan fingerprint density at radius 3 is 2.71 bits per heavy atom. The van der Waals surface area contributed by atoms with E-state index in [4.69, 9.17) is 21.1 Å². The topological polar surface area (TPSA) is 84.9 Å². The van der Waals surface area contributed by atoms with Gasteiger partial charge >= 0.3 is 12.0 Å². The lowest BCUT2D eigenvalue weighted by atomic mass is 10.1. The van der Waals surface area contributed by atoms with E-state index in [-0.39, 0.29) is 41.8 Å². The van der Waals surface area contributed by atoms with Gasteiger partial charge in [0.05, 0.1) is 22.6 Å². The van der Waals surface area contributed by atoms with Crippen molar-refractivity contribution < 1.29 is 28.2 Å². The zero-order valence-corrected chi connectivity index (χ0v) is 18.6. The molecular formula is C21H17BrClFN2O5. The molecule has 1 saturated heterocycles. The van der Waals surface area contributed by atoms with Crippen LogP contribution in [0, 0.1) is 5.82 Å². The van der Waals surface area contributed by atoms with Gasteiger partial charge in [-0.05, 0) is 52.7 Å². The Morgan fingerprint density at radius 1 is 1.29 bits per heavy atom. The van der Waals surface area contributed by atoms with E-state index in [1.54, 1.807) is 19.1 Å². The van der Waals surface area contributed by atoms with E-state index in [1.807, 2.05) is 0 Å². The van der Waals surface area contributed by atoms with Crippen LogP contribution in [0.15, 0.2) is 46.6 Å². The van der Waals surface area contributed by atoms with E-state index >= 15 is 0 Å². The summed E-state index contributed by atoms with van der Waals surface area (Å²) in [4.78, 5) is 37.2. The number of benzene rings is 2. The summed E-state index contributed by atoms with van der Waals surface area (Å²) in [6.07, 6.45) is 1.44. The molecule has 0 bridgehead atoms. The fourth-order valence-electron chi connectivity index (χ4n) is 2.81. The number of nitrogens with zero attached hydrogens (tertiary/aromatic N) is 1. The van der Waals surface area contributed by atoms with E-state index in [1.165, 1.54) is 30.3 Å². The van der Waals surface area contributed by atoms with Gasteiger partial charge in [-0.2, -0.15) is 0 Å². The van der Waals surface area contributed by atoms with Gasteiger partial charge in [0.25, 0.3) is 5.91 Å². The third-order valence-corrected chi connectivity index (χ3v) is 5.09. The van der Waals surface area contributed by atoms with Gasteiger partial charge in [0.1, 0.15) is 11.5 Å². The second-order valence-corrected chi connectivity index (χ2v) is 7.64. The summed E-state index contributed by atoms with van der Waals surface area (Å²) in [7, 11) is 0. The molecule has 0 unspecified atom stereocenters. The van der Waals surface area contributed by atoms with E-state index in [9.17, 15) is 18.8 Å². The van der Waals surface area contributed by atoms with Crippen LogP contribution >= 0.6 is 27.5 Å². The molecular weight excluding hydrogens is 495 g/mol. The van der Waals surface area contributed by atoms with E-state index in [2.05, 4.69) is 21.2 Å². The monoisotopic (exact) mass is 510 g/mol. The molecule has 3 amide bonds. The highest BCUT2D eigenvalue weighted by atomic mass is 79.9. The van der Waals surface area contributed by atoms with Crippen molar-refractivity contribution in [3.05, 3.63) is 68.5 Å². The van der Waals surface area contributed by atoms with Gasteiger partial charge in [0.2, 0.25) is 0 Å². The fraction of sp³-hybridized carbons (Fsp3) is 0.190. The first-order valence-electron chi connectivity index (χ1n) is 9.15. The molecule has 1 heterocycles. The van der Waals surface area contributed by atoms with Crippen molar-refractivity contribution in [3.8, 4) is 5.75 Å². The molecule has 0 aromatic heterocycles. The predicted molar refractivity (Wildman–Crippen MR) is 115 cm³/mol. The Bertz CT molecular complexity index is 1050. The lowest BCUT2D eigenvalue weighted by Gasteiger charge is -2.12. The predicted octanol–water partition coefficient (Wildman–Crippen LogP) is 4.28. The Kier molecular flexibility index (Phi) is 7.29. The minimum absolute atomic E-state index is 0.0181. The lowest BCUT2D eigenvalue weighted by molar-refractivity contribution is -0.145. The smallest absolute Gasteiger partial charge is 0.344 e. The van der Waals surface area contributed by atoms with Crippen molar-refractivity contribution in [1.82, 2.24) is 10.2 Å². The number of urea groups is 1. The molecule has 10 heteroatoms. The number of nitrogens with one attached hydrogen (secondary N) is 1. The summed E-state index contributed by atoms with van der Waals surface area (Å²) in [5.74, 6) is -1.40. The fourth-order valence-corrected chi connectivity index (χ4v) is 3.80. The van der Waals surface area contributed by atoms with Crippen LogP contribution in [0.4, 0.5) is 9.18 Å². The quantitative estimate of drug-likeness (QED) is 0.341. The number of halogens is 3. The Labute approximate surface area is 190 Å². The zero-order valence-electron chi connectivity index (χ0n) is 16.3. The maximum Gasteiger partial charge on any atom is 0.344 e. The SMILES string of the molecule is CCOC(=O)COc1c(Cl)cc(/C=C2/NC(=O)N(Cc3ccccc3F)C2=O)cc1Br. The number of imide groups is 1. The number of hydrogen-bond acceptors (Lipinski definition) is 5. The highest BCUT2D eigenvalue weighted by Gasteiger charge is 2.34. The van der Waals surface area contributed by atoms with Crippen molar-refractivity contribution >= 4 is 51.5 Å². The van der Waals surface area contributed by atoms with Gasteiger partial charge in [-0.25, -0.2) is 14.0 Å². The first-order valence-corrected chi connectivity index (χ1v) is 10.3. The summed E-state index contributed by atoms with van der Waals surface area (Å²) in [5, 5.41) is 2.66. The van der Waals surface area contributed by atoms with Gasteiger partial charge in [-0.1, -0.05) is 29.8 Å². The average Bonchev–Trinajstić information content (AvgIpc) is 2.96. The third-order valence-electron chi connectivity index (χ3n) is 4.22. The van der Waals surface area contributed by atoms with Crippen molar-refractivity contribution in [1.29, 1.82) is 0 Å². The number of hydrogen-bond donors (Lipinski definition) is 1. The molecule has 3 rings (SSSR count). The second kappa shape index (κ2) is 9.93. The van der Waals surface area contributed by atoms with Gasteiger partial charge in [-0.15, -0.1) is 0 Å². The molecule has 7 nitrogen and oxygen atoms in total. The van der Waals surface area contributed by atoms with E-state index < -0.39 is 23.7 Å². The van der Waals surface area contributed by atoms with Crippen LogP contribution < -0.4 is 10.1 Å². The largest absolute Gasteiger partial charge is 0.479 e. The van der Waals surface area contributed by atoms with Crippen LogP contribution in [0.5, 0.6) is 5.75 Å². The van der Waals surface area contributed by atoms with Crippen molar-refractivity contribution in [3.63, 3.8) is 0 Å².